The lowest BCUT2D eigenvalue weighted by molar-refractivity contribution is 0.343. The van der Waals surface area contributed by atoms with Crippen LogP contribution in [0, 0.1) is 0 Å². The van der Waals surface area contributed by atoms with Gasteiger partial charge in [0, 0.05) is 18.8 Å². The Morgan fingerprint density at radius 1 is 1.25 bits per heavy atom. The number of para-hydroxylation sites is 1. The molecule has 0 unspecified atom stereocenters. The lowest BCUT2D eigenvalue weighted by Gasteiger charge is -2.08. The maximum Gasteiger partial charge on any atom is 0.147 e. The van der Waals surface area contributed by atoms with Crippen LogP contribution < -0.4 is 4.74 Å². The molecule has 20 heavy (non-hydrogen) atoms. The van der Waals surface area contributed by atoms with Crippen molar-refractivity contribution in [2.75, 3.05) is 12.5 Å². The molecular weight excluding hydrogens is 272 g/mol. The molecule has 1 aromatic carbocycles. The van der Waals surface area contributed by atoms with Crippen LogP contribution >= 0.6 is 11.6 Å². The van der Waals surface area contributed by atoms with Crippen LogP contribution in [0.2, 0.25) is 0 Å². The molecule has 110 valence electrons. The fourth-order valence-corrected chi connectivity index (χ4v) is 2.66. The van der Waals surface area contributed by atoms with Crippen molar-refractivity contribution in [1.29, 1.82) is 0 Å². The van der Waals surface area contributed by atoms with E-state index in [9.17, 15) is 0 Å². The predicted octanol–water partition coefficient (Wildman–Crippen LogP) is 4.41. The van der Waals surface area contributed by atoms with Crippen molar-refractivity contribution in [1.82, 2.24) is 9.55 Å². The molecule has 0 aliphatic carbocycles. The lowest BCUT2D eigenvalue weighted by Crippen LogP contribution is -2.04. The number of fused-ring (bicyclic) bond motifs is 1. The van der Waals surface area contributed by atoms with Crippen molar-refractivity contribution in [3.8, 4) is 5.75 Å². The van der Waals surface area contributed by atoms with Gasteiger partial charge in [0.2, 0.25) is 0 Å². The fourth-order valence-electron chi connectivity index (χ4n) is 2.49. The average Bonchev–Trinajstić information content (AvgIpc) is 2.79. The third-order valence-corrected chi connectivity index (χ3v) is 3.61. The van der Waals surface area contributed by atoms with E-state index < -0.39 is 0 Å². The Morgan fingerprint density at radius 3 is 2.80 bits per heavy atom. The number of rotatable bonds is 8. The zero-order chi connectivity index (χ0) is 14.4. The normalized spacial score (nSPS) is 11.2. The van der Waals surface area contributed by atoms with Gasteiger partial charge in [-0.1, -0.05) is 25.8 Å². The van der Waals surface area contributed by atoms with Gasteiger partial charge in [-0.2, -0.15) is 0 Å². The second kappa shape index (κ2) is 7.53. The number of aryl methyl sites for hydroxylation is 2. The van der Waals surface area contributed by atoms with Gasteiger partial charge < -0.3 is 9.30 Å². The minimum Gasteiger partial charge on any atom is -0.492 e. The van der Waals surface area contributed by atoms with Crippen molar-refractivity contribution in [3.63, 3.8) is 0 Å². The van der Waals surface area contributed by atoms with E-state index >= 15 is 0 Å². The first-order valence-electron chi connectivity index (χ1n) is 7.48. The second-order valence-corrected chi connectivity index (χ2v) is 5.26. The van der Waals surface area contributed by atoms with Gasteiger partial charge in [0.25, 0.3) is 0 Å². The highest BCUT2D eigenvalue weighted by Crippen LogP contribution is 2.27. The summed E-state index contributed by atoms with van der Waals surface area (Å²) in [4.78, 5) is 4.75. The molecule has 0 aliphatic heterocycles. The van der Waals surface area contributed by atoms with Crippen LogP contribution in [0.3, 0.4) is 0 Å². The molecule has 0 saturated heterocycles. The highest BCUT2D eigenvalue weighted by atomic mass is 35.5. The zero-order valence-electron chi connectivity index (χ0n) is 12.4. The fraction of sp³-hybridized carbons (Fsp3) is 0.562. The number of unbranched alkanes of at least 4 members (excludes halogenated alkanes) is 2. The van der Waals surface area contributed by atoms with Crippen molar-refractivity contribution >= 4 is 22.6 Å². The Balaban J connectivity index is 2.40. The molecule has 0 bridgehead atoms. The van der Waals surface area contributed by atoms with E-state index in [1.54, 1.807) is 0 Å². The molecule has 0 N–H and O–H groups in total. The van der Waals surface area contributed by atoms with Crippen LogP contribution in [0.4, 0.5) is 0 Å². The largest absolute Gasteiger partial charge is 0.492 e. The van der Waals surface area contributed by atoms with E-state index in [2.05, 4.69) is 17.6 Å². The molecule has 0 spiro atoms. The van der Waals surface area contributed by atoms with E-state index in [0.29, 0.717) is 12.5 Å². The maximum absolute atomic E-state index is 5.91. The smallest absolute Gasteiger partial charge is 0.147 e. The monoisotopic (exact) mass is 294 g/mol. The van der Waals surface area contributed by atoms with Crippen LogP contribution in [-0.4, -0.2) is 22.0 Å². The molecule has 0 aliphatic rings. The van der Waals surface area contributed by atoms with Gasteiger partial charge in [-0.3, -0.25) is 0 Å². The van der Waals surface area contributed by atoms with Gasteiger partial charge in [0.05, 0.1) is 12.1 Å². The Morgan fingerprint density at radius 2 is 2.10 bits per heavy atom. The summed E-state index contributed by atoms with van der Waals surface area (Å²) in [6.07, 6.45) is 4.44. The number of nitrogens with zero attached hydrogens (tertiary/aromatic N) is 2. The number of imidazole rings is 1. The lowest BCUT2D eigenvalue weighted by atomic mass is 10.2. The van der Waals surface area contributed by atoms with E-state index in [1.165, 1.54) is 19.3 Å². The minimum atomic E-state index is 0.598. The molecular formula is C16H23ClN2O. The number of benzene rings is 1. The first-order valence-corrected chi connectivity index (χ1v) is 8.02. The van der Waals surface area contributed by atoms with Gasteiger partial charge in [0.15, 0.2) is 0 Å². The van der Waals surface area contributed by atoms with Crippen molar-refractivity contribution in [2.45, 2.75) is 46.1 Å². The average molecular weight is 295 g/mol. The summed E-state index contributed by atoms with van der Waals surface area (Å²) in [6.45, 7) is 5.88. The predicted molar refractivity (Wildman–Crippen MR) is 84.9 cm³/mol. The van der Waals surface area contributed by atoms with E-state index in [1.807, 2.05) is 19.1 Å². The van der Waals surface area contributed by atoms with Crippen LogP contribution in [0.25, 0.3) is 11.0 Å². The molecule has 2 aromatic rings. The Labute approximate surface area is 125 Å². The summed E-state index contributed by atoms with van der Waals surface area (Å²) in [5, 5.41) is 0. The zero-order valence-corrected chi connectivity index (χ0v) is 13.1. The van der Waals surface area contributed by atoms with Crippen molar-refractivity contribution in [3.05, 3.63) is 24.0 Å². The summed E-state index contributed by atoms with van der Waals surface area (Å²) in [7, 11) is 0. The molecule has 0 fully saturated rings. The van der Waals surface area contributed by atoms with Gasteiger partial charge in [0.1, 0.15) is 17.1 Å². The molecule has 1 aromatic heterocycles. The van der Waals surface area contributed by atoms with Gasteiger partial charge in [-0.05, 0) is 25.5 Å². The van der Waals surface area contributed by atoms with Crippen molar-refractivity contribution in [2.24, 2.45) is 0 Å². The molecule has 0 amide bonds. The van der Waals surface area contributed by atoms with Crippen molar-refractivity contribution < 1.29 is 4.74 Å². The number of hydrogen-bond donors (Lipinski definition) is 0. The molecule has 1 heterocycles. The van der Waals surface area contributed by atoms with Gasteiger partial charge in [-0.15, -0.1) is 11.6 Å². The van der Waals surface area contributed by atoms with Crippen LogP contribution in [-0.2, 0) is 13.0 Å². The summed E-state index contributed by atoms with van der Waals surface area (Å²) in [5.74, 6) is 2.54. The molecule has 0 atom stereocenters. The SMILES string of the molecule is CCCCCn1c(CCCl)nc2c(OCC)cccc21. The first-order chi connectivity index (χ1) is 9.81. The molecule has 0 radical (unpaired) electrons. The van der Waals surface area contributed by atoms with E-state index in [4.69, 9.17) is 21.3 Å². The third kappa shape index (κ3) is 3.26. The topological polar surface area (TPSA) is 27.1 Å². The molecule has 3 nitrogen and oxygen atoms in total. The summed E-state index contributed by atoms with van der Waals surface area (Å²) in [6, 6.07) is 6.14. The number of hydrogen-bond acceptors (Lipinski definition) is 2. The minimum absolute atomic E-state index is 0.598. The highest BCUT2D eigenvalue weighted by molar-refractivity contribution is 6.17. The highest BCUT2D eigenvalue weighted by Gasteiger charge is 2.13. The summed E-state index contributed by atoms with van der Waals surface area (Å²) >= 11 is 5.91. The first kappa shape index (κ1) is 15.2. The number of ether oxygens (including phenoxy) is 1. The Bertz CT molecular complexity index is 551. The molecule has 2 rings (SSSR count). The quantitative estimate of drug-likeness (QED) is 0.533. The van der Waals surface area contributed by atoms with Gasteiger partial charge >= 0.3 is 0 Å². The number of halogens is 1. The van der Waals surface area contributed by atoms with Crippen LogP contribution in [0.15, 0.2) is 18.2 Å². The Hall–Kier alpha value is -1.22. The Kier molecular flexibility index (Phi) is 5.72. The molecule has 4 heteroatoms. The van der Waals surface area contributed by atoms with Gasteiger partial charge in [-0.25, -0.2) is 4.98 Å². The second-order valence-electron chi connectivity index (χ2n) is 4.88. The molecule has 0 saturated carbocycles. The summed E-state index contributed by atoms with van der Waals surface area (Å²) in [5.41, 5.74) is 2.12. The maximum atomic E-state index is 5.91. The van der Waals surface area contributed by atoms with E-state index in [-0.39, 0.29) is 0 Å². The number of aromatic nitrogens is 2. The third-order valence-electron chi connectivity index (χ3n) is 3.42. The standard InChI is InChI=1S/C16H23ClN2O/c1-3-5-6-12-19-13-8-7-9-14(20-4-2)16(13)18-15(19)10-11-17/h7-9H,3-6,10-12H2,1-2H3. The van der Waals surface area contributed by atoms with E-state index in [0.717, 1.165) is 35.6 Å². The van der Waals surface area contributed by atoms with Crippen LogP contribution in [0.5, 0.6) is 5.75 Å². The number of alkyl halides is 1. The summed E-state index contributed by atoms with van der Waals surface area (Å²) < 4.78 is 7.98. The van der Waals surface area contributed by atoms with Crippen LogP contribution in [0.1, 0.15) is 38.9 Å².